The molecule has 0 aliphatic carbocycles. The minimum Gasteiger partial charge on any atom is -0.411 e. The van der Waals surface area contributed by atoms with Crippen LogP contribution in [0.25, 0.3) is 0 Å². The summed E-state index contributed by atoms with van der Waals surface area (Å²) >= 11 is 1.23. The van der Waals surface area contributed by atoms with Crippen molar-refractivity contribution in [3.05, 3.63) is 18.0 Å². The first-order chi connectivity index (χ1) is 5.77. The van der Waals surface area contributed by atoms with E-state index in [4.69, 9.17) is 5.21 Å². The van der Waals surface area contributed by atoms with Gasteiger partial charge in [0.2, 0.25) is 6.41 Å². The van der Waals surface area contributed by atoms with Gasteiger partial charge in [-0.2, -0.15) is 0 Å². The minimum absolute atomic E-state index is 0.171. The Morgan fingerprint density at radius 3 is 3.25 bits per heavy atom. The molecular formula is C6H6N3O2S. The van der Waals surface area contributed by atoms with Gasteiger partial charge in [0, 0.05) is 12.3 Å². The van der Waals surface area contributed by atoms with Crippen LogP contribution >= 0.6 is 11.3 Å². The number of hydrogen-bond donors (Lipinski definition) is 2. The van der Waals surface area contributed by atoms with Crippen LogP contribution in [0.3, 0.4) is 0 Å². The average Bonchev–Trinajstić information content (AvgIpc) is 2.52. The van der Waals surface area contributed by atoms with E-state index in [0.717, 1.165) is 0 Å². The Labute approximate surface area is 72.7 Å². The standard InChI is InChI=1S/C6H6N3O2S/c1-4(9-11)5-2-12-6(8-5)7-3-10/h2-3,11H,1H2,(H,7,8,10)/b9-4+. The van der Waals surface area contributed by atoms with E-state index in [1.54, 1.807) is 5.38 Å². The van der Waals surface area contributed by atoms with Gasteiger partial charge >= 0.3 is 0 Å². The molecule has 1 aromatic rings. The number of hydrogen-bond acceptors (Lipinski definition) is 5. The van der Waals surface area contributed by atoms with E-state index in [1.807, 2.05) is 0 Å². The lowest BCUT2D eigenvalue weighted by atomic mass is 10.3. The van der Waals surface area contributed by atoms with Crippen LogP contribution in [0.4, 0.5) is 5.13 Å². The van der Waals surface area contributed by atoms with Gasteiger partial charge in [-0.25, -0.2) is 4.98 Å². The van der Waals surface area contributed by atoms with Crippen LogP contribution in [0.5, 0.6) is 0 Å². The summed E-state index contributed by atoms with van der Waals surface area (Å²) in [4.78, 5) is 13.9. The maximum atomic E-state index is 9.98. The van der Waals surface area contributed by atoms with E-state index in [2.05, 4.69) is 22.4 Å². The summed E-state index contributed by atoms with van der Waals surface area (Å²) in [5.74, 6) is 0. The molecule has 0 unspecified atom stereocenters. The number of nitrogens with zero attached hydrogens (tertiary/aromatic N) is 2. The van der Waals surface area contributed by atoms with E-state index in [1.165, 1.54) is 11.3 Å². The smallest absolute Gasteiger partial charge is 0.213 e. The zero-order chi connectivity index (χ0) is 8.97. The number of carbonyl (C=O) groups is 1. The molecule has 0 aromatic carbocycles. The molecule has 12 heavy (non-hydrogen) atoms. The monoisotopic (exact) mass is 184 g/mol. The van der Waals surface area contributed by atoms with Gasteiger partial charge in [0.05, 0.1) is 0 Å². The number of thiazole rings is 1. The number of aromatic nitrogens is 1. The fourth-order valence-electron chi connectivity index (χ4n) is 0.574. The summed E-state index contributed by atoms with van der Waals surface area (Å²) in [5.41, 5.74) is 0.622. The van der Waals surface area contributed by atoms with Crippen molar-refractivity contribution in [3.8, 4) is 0 Å². The molecule has 0 fully saturated rings. The molecule has 1 rings (SSSR count). The summed E-state index contributed by atoms with van der Waals surface area (Å²) in [5, 5.41) is 15.6. The molecule has 0 saturated carbocycles. The van der Waals surface area contributed by atoms with Crippen LogP contribution in [0.15, 0.2) is 10.5 Å². The molecule has 1 aromatic heterocycles. The summed E-state index contributed by atoms with van der Waals surface area (Å²) in [6, 6.07) is 0. The Hall–Kier alpha value is -1.43. The largest absolute Gasteiger partial charge is 0.411 e. The minimum atomic E-state index is 0.171. The average molecular weight is 184 g/mol. The molecule has 6 heteroatoms. The molecule has 0 aliphatic rings. The van der Waals surface area contributed by atoms with Crippen molar-refractivity contribution < 1.29 is 10.0 Å². The molecular weight excluding hydrogens is 178 g/mol. The Morgan fingerprint density at radius 2 is 2.67 bits per heavy atom. The van der Waals surface area contributed by atoms with Crippen molar-refractivity contribution in [1.29, 1.82) is 0 Å². The van der Waals surface area contributed by atoms with Gasteiger partial charge < -0.3 is 10.5 Å². The van der Waals surface area contributed by atoms with E-state index < -0.39 is 0 Å². The topological polar surface area (TPSA) is 74.6 Å². The van der Waals surface area contributed by atoms with Gasteiger partial charge in [0.15, 0.2) is 5.13 Å². The van der Waals surface area contributed by atoms with Crippen LogP contribution in [0, 0.1) is 6.92 Å². The Balaban J connectivity index is 2.83. The van der Waals surface area contributed by atoms with Gasteiger partial charge in [-0.1, -0.05) is 5.16 Å². The Bertz CT molecular complexity index is 307. The quantitative estimate of drug-likeness (QED) is 0.314. The summed E-state index contributed by atoms with van der Waals surface area (Å²) < 4.78 is 0. The summed E-state index contributed by atoms with van der Waals surface area (Å²) in [6.45, 7) is 3.43. The van der Waals surface area contributed by atoms with Gasteiger partial charge in [-0.15, -0.1) is 11.3 Å². The highest BCUT2D eigenvalue weighted by molar-refractivity contribution is 7.14. The number of rotatable bonds is 3. The van der Waals surface area contributed by atoms with E-state index in [-0.39, 0.29) is 5.71 Å². The number of carbonyl (C=O) groups excluding carboxylic acids is 1. The number of nitrogens with one attached hydrogen (secondary N) is 1. The van der Waals surface area contributed by atoms with Crippen molar-refractivity contribution in [1.82, 2.24) is 4.98 Å². The molecule has 1 amide bonds. The first-order valence-electron chi connectivity index (χ1n) is 2.98. The zero-order valence-electron chi connectivity index (χ0n) is 6.02. The second-order valence-corrected chi connectivity index (χ2v) is 2.70. The zero-order valence-corrected chi connectivity index (χ0v) is 6.84. The van der Waals surface area contributed by atoms with Gasteiger partial charge in [-0.3, -0.25) is 4.79 Å². The van der Waals surface area contributed by atoms with E-state index >= 15 is 0 Å². The number of oxime groups is 1. The molecule has 0 spiro atoms. The predicted molar refractivity (Wildman–Crippen MR) is 45.5 cm³/mol. The first kappa shape index (κ1) is 8.66. The normalized spacial score (nSPS) is 11.2. The second-order valence-electron chi connectivity index (χ2n) is 1.85. The molecule has 2 N–H and O–H groups in total. The lowest BCUT2D eigenvalue weighted by Gasteiger charge is -1.89. The summed E-state index contributed by atoms with van der Waals surface area (Å²) in [7, 11) is 0. The third kappa shape index (κ3) is 1.79. The number of anilines is 1. The Kier molecular flexibility index (Phi) is 2.76. The predicted octanol–water partition coefficient (Wildman–Crippen LogP) is 0.724. The van der Waals surface area contributed by atoms with Crippen LogP contribution in [-0.4, -0.2) is 22.3 Å². The third-order valence-corrected chi connectivity index (χ3v) is 1.88. The molecule has 1 radical (unpaired) electrons. The fraction of sp³-hybridized carbons (Fsp3) is 0. The van der Waals surface area contributed by atoms with Crippen LogP contribution in [0.2, 0.25) is 0 Å². The molecule has 63 valence electrons. The molecule has 0 bridgehead atoms. The first-order valence-corrected chi connectivity index (χ1v) is 3.86. The van der Waals surface area contributed by atoms with E-state index in [9.17, 15) is 4.79 Å². The van der Waals surface area contributed by atoms with Gasteiger partial charge in [0.1, 0.15) is 11.4 Å². The van der Waals surface area contributed by atoms with Crippen molar-refractivity contribution in [2.24, 2.45) is 5.16 Å². The molecule has 1 heterocycles. The van der Waals surface area contributed by atoms with Crippen molar-refractivity contribution >= 4 is 28.6 Å². The van der Waals surface area contributed by atoms with Crippen LogP contribution < -0.4 is 5.32 Å². The highest BCUT2D eigenvalue weighted by Crippen LogP contribution is 2.14. The van der Waals surface area contributed by atoms with Crippen molar-refractivity contribution in [2.75, 3.05) is 5.32 Å². The lowest BCUT2D eigenvalue weighted by Crippen LogP contribution is -1.97. The Morgan fingerprint density at radius 1 is 1.92 bits per heavy atom. The van der Waals surface area contributed by atoms with E-state index in [0.29, 0.717) is 17.2 Å². The number of amides is 1. The molecule has 0 atom stereocenters. The SMILES string of the molecule is [CH2]/C(=N\O)c1csc(NC=O)n1. The molecule has 0 saturated heterocycles. The maximum absolute atomic E-state index is 9.98. The van der Waals surface area contributed by atoms with Gasteiger partial charge in [0.25, 0.3) is 0 Å². The van der Waals surface area contributed by atoms with Crippen molar-refractivity contribution in [3.63, 3.8) is 0 Å². The molecule has 5 nitrogen and oxygen atoms in total. The molecule has 0 aliphatic heterocycles. The fourth-order valence-corrected chi connectivity index (χ4v) is 1.25. The van der Waals surface area contributed by atoms with Crippen molar-refractivity contribution in [2.45, 2.75) is 0 Å². The third-order valence-electron chi connectivity index (χ3n) is 1.10. The van der Waals surface area contributed by atoms with Gasteiger partial charge in [-0.05, 0) is 0 Å². The van der Waals surface area contributed by atoms with Crippen LogP contribution in [0.1, 0.15) is 5.69 Å². The highest BCUT2D eigenvalue weighted by Gasteiger charge is 2.03. The highest BCUT2D eigenvalue weighted by atomic mass is 32.1. The second kappa shape index (κ2) is 3.82. The summed E-state index contributed by atoms with van der Waals surface area (Å²) in [6.07, 6.45) is 0.529. The lowest BCUT2D eigenvalue weighted by molar-refractivity contribution is -0.105. The van der Waals surface area contributed by atoms with Crippen LogP contribution in [-0.2, 0) is 4.79 Å². The maximum Gasteiger partial charge on any atom is 0.213 e.